The van der Waals surface area contributed by atoms with Crippen molar-refractivity contribution < 1.29 is 67.2 Å². The molecule has 20 nitrogen and oxygen atoms in total. The lowest BCUT2D eigenvalue weighted by atomic mass is 9.46. The Bertz CT molecular complexity index is 2420. The molecular weight excluding hydrogens is 957 g/mol. The monoisotopic (exact) mass is 1030 g/mol. The highest BCUT2D eigenvalue weighted by atomic mass is 16.8. The molecule has 6 aliphatic rings. The van der Waals surface area contributed by atoms with Gasteiger partial charge in [0.05, 0.1) is 12.2 Å². The molecule has 4 fully saturated rings. The Labute approximate surface area is 431 Å². The van der Waals surface area contributed by atoms with Gasteiger partial charge in [0, 0.05) is 54.1 Å². The van der Waals surface area contributed by atoms with Gasteiger partial charge in [-0.25, -0.2) is 9.59 Å². The molecule has 7 N–H and O–H groups in total. The molecule has 1 aromatic rings. The standard InChI is InChI=1S/C54H72N6O14/c1-6-11-45-73-41-27-37-36-19-16-33-26-35(61)22-23-52(33,4)46(36)39(62)28-53(37,5)54(41,74-45)40(63)30-72-51(70)71-29-32-14-17-34(18-15-32)57-48(67)38(12-10-24-56-50(55)69)58-49(68)47(31(2)3)59-42(64)13-8-7-9-25-60-43(65)20-21-44(60)66/h14-15,17-18,20-23,26,31,36-39,41,45-47,62H,6-13,16,19,24-25,27-30H2,1-5H3,(H,57,67)(H,58,68)(H,59,64)(H3,55,56,69)/t36-,37?,38-,39-,41+,45?,46?,47?,52-,53-,54+/m0/s1. The number of anilines is 1. The fourth-order valence-corrected chi connectivity index (χ4v) is 12.5. The molecule has 2 heterocycles. The lowest BCUT2D eigenvalue weighted by Crippen LogP contribution is -2.63. The van der Waals surface area contributed by atoms with Gasteiger partial charge >= 0.3 is 12.2 Å². The number of fused-ring (bicyclic) bond motifs is 7. The molecule has 1 saturated heterocycles. The molecule has 2 aliphatic heterocycles. The van der Waals surface area contributed by atoms with Crippen LogP contribution in [-0.2, 0) is 59.1 Å². The SMILES string of the molecule is CCCC1O[C@@H]2CC3[C@@H]4CCC5=CC(=O)C=C[C@]5(C)C4[C@@H](O)C[C@]3(C)[C@]2(C(=O)COC(=O)OCc2ccc(NC(=O)[C@H](CCCNC(N)=O)NC(=O)C(NC(=O)CCCCCN3C(=O)C=CC3=O)C(C)C)cc2)O1. The van der Waals surface area contributed by atoms with Gasteiger partial charge in [-0.1, -0.05) is 71.2 Å². The van der Waals surface area contributed by atoms with Crippen LogP contribution in [0.25, 0.3) is 0 Å². The maximum Gasteiger partial charge on any atom is 0.509 e. The van der Waals surface area contributed by atoms with E-state index in [9.17, 15) is 48.3 Å². The van der Waals surface area contributed by atoms with Gasteiger partial charge in [0.15, 0.2) is 24.3 Å². The molecule has 20 heteroatoms. The van der Waals surface area contributed by atoms with Gasteiger partial charge in [-0.2, -0.15) is 0 Å². The topological polar surface area (TPSA) is 288 Å². The molecule has 7 rings (SSSR count). The van der Waals surface area contributed by atoms with Crippen LogP contribution in [0.4, 0.5) is 15.3 Å². The second-order valence-electron chi connectivity index (χ2n) is 21.3. The summed E-state index contributed by atoms with van der Waals surface area (Å²) < 4.78 is 24.0. The van der Waals surface area contributed by atoms with E-state index in [1.165, 1.54) is 12.2 Å². The van der Waals surface area contributed by atoms with E-state index in [1.54, 1.807) is 50.3 Å². The van der Waals surface area contributed by atoms with Crippen LogP contribution < -0.4 is 27.0 Å². The first kappa shape index (κ1) is 55.5. The van der Waals surface area contributed by atoms with E-state index >= 15 is 0 Å². The first-order valence-corrected chi connectivity index (χ1v) is 26.1. The average Bonchev–Trinajstić information content (AvgIpc) is 3.97. The number of amides is 7. The first-order chi connectivity index (χ1) is 35.2. The normalized spacial score (nSPS) is 29.3. The molecule has 0 radical (unpaired) electrons. The number of Topliss-reactive ketones (excluding diaryl/α,β-unsaturated/α-hetero) is 1. The Kier molecular flexibility index (Phi) is 17.6. The minimum Gasteiger partial charge on any atom is -0.429 e. The molecule has 4 unspecified atom stereocenters. The third kappa shape index (κ3) is 11.8. The smallest absolute Gasteiger partial charge is 0.429 e. The van der Waals surface area contributed by atoms with Crippen LogP contribution >= 0.6 is 0 Å². The van der Waals surface area contributed by atoms with E-state index in [1.807, 2.05) is 19.9 Å². The number of ketones is 2. The number of imide groups is 1. The molecule has 74 heavy (non-hydrogen) atoms. The summed E-state index contributed by atoms with van der Waals surface area (Å²) in [5.41, 5.74) is 4.29. The zero-order valence-electron chi connectivity index (χ0n) is 43.0. The van der Waals surface area contributed by atoms with Crippen molar-refractivity contribution in [2.45, 2.75) is 154 Å². The lowest BCUT2D eigenvalue weighted by Gasteiger charge is -2.59. The van der Waals surface area contributed by atoms with Crippen LogP contribution in [0.5, 0.6) is 0 Å². The van der Waals surface area contributed by atoms with E-state index in [-0.39, 0.29) is 92.6 Å². The number of carbonyl (C=O) groups is 9. The second kappa shape index (κ2) is 23.5. The maximum absolute atomic E-state index is 14.6. The van der Waals surface area contributed by atoms with Gasteiger partial charge < -0.3 is 51.1 Å². The molecule has 402 valence electrons. The Morgan fingerprint density at radius 2 is 1.66 bits per heavy atom. The number of hydrogen-bond acceptors (Lipinski definition) is 14. The van der Waals surface area contributed by atoms with Crippen LogP contribution in [0.2, 0.25) is 0 Å². The number of carbonyl (C=O) groups excluding carboxylic acids is 9. The minimum atomic E-state index is -1.48. The highest BCUT2D eigenvalue weighted by Crippen LogP contribution is 2.69. The number of ether oxygens (including phenoxy) is 4. The van der Waals surface area contributed by atoms with E-state index < -0.39 is 83.4 Å². The van der Waals surface area contributed by atoms with Crippen LogP contribution in [-0.4, -0.2) is 119 Å². The van der Waals surface area contributed by atoms with Crippen molar-refractivity contribution in [1.82, 2.24) is 20.9 Å². The predicted molar refractivity (Wildman–Crippen MR) is 267 cm³/mol. The molecule has 7 amide bonds. The zero-order valence-corrected chi connectivity index (χ0v) is 43.0. The van der Waals surface area contributed by atoms with Gasteiger partial charge in [-0.15, -0.1) is 0 Å². The van der Waals surface area contributed by atoms with Crippen LogP contribution in [0, 0.1) is 34.5 Å². The second-order valence-corrected chi connectivity index (χ2v) is 21.3. The third-order valence-electron chi connectivity index (χ3n) is 16.2. The number of nitrogens with two attached hydrogens (primary N) is 1. The Morgan fingerprint density at radius 3 is 2.35 bits per heavy atom. The lowest BCUT2D eigenvalue weighted by molar-refractivity contribution is -0.200. The van der Waals surface area contributed by atoms with Crippen LogP contribution in [0.1, 0.15) is 117 Å². The van der Waals surface area contributed by atoms with E-state index in [0.717, 1.165) is 23.3 Å². The summed E-state index contributed by atoms with van der Waals surface area (Å²) in [6, 6.07) is 3.56. The third-order valence-corrected chi connectivity index (χ3v) is 16.2. The molecular formula is C54H72N6O14. The average molecular weight is 1030 g/mol. The largest absolute Gasteiger partial charge is 0.509 e. The number of nitrogens with one attached hydrogen (secondary N) is 4. The van der Waals surface area contributed by atoms with Gasteiger partial charge in [-0.05, 0) is 105 Å². The predicted octanol–water partition coefficient (Wildman–Crippen LogP) is 4.58. The number of rotatable bonds is 23. The zero-order chi connectivity index (χ0) is 53.5. The number of hydrogen-bond donors (Lipinski definition) is 6. The molecule has 1 aromatic carbocycles. The van der Waals surface area contributed by atoms with Crippen molar-refractivity contribution >= 4 is 59.0 Å². The van der Waals surface area contributed by atoms with Crippen molar-refractivity contribution in [3.05, 3.63) is 65.8 Å². The Morgan fingerprint density at radius 1 is 0.932 bits per heavy atom. The van der Waals surface area contributed by atoms with E-state index in [4.69, 9.17) is 24.7 Å². The minimum absolute atomic E-state index is 0.0207. The molecule has 0 spiro atoms. The highest BCUT2D eigenvalue weighted by molar-refractivity contribution is 6.12. The summed E-state index contributed by atoms with van der Waals surface area (Å²) in [6.07, 6.45) is 10.1. The fourth-order valence-electron chi connectivity index (χ4n) is 12.5. The molecule has 3 saturated carbocycles. The quantitative estimate of drug-likeness (QED) is 0.0498. The van der Waals surface area contributed by atoms with Crippen LogP contribution in [0.3, 0.4) is 0 Å². The summed E-state index contributed by atoms with van der Waals surface area (Å²) in [5.74, 6) is -3.33. The van der Waals surface area contributed by atoms with Crippen molar-refractivity contribution in [1.29, 1.82) is 0 Å². The number of unbranched alkanes of at least 4 members (excludes halogenated alkanes) is 2. The highest BCUT2D eigenvalue weighted by Gasteiger charge is 2.76. The van der Waals surface area contributed by atoms with Crippen molar-refractivity contribution in [2.75, 3.05) is 25.0 Å². The first-order valence-electron chi connectivity index (χ1n) is 26.1. The number of aliphatic hydroxyl groups excluding tert-OH is 1. The van der Waals surface area contributed by atoms with Crippen molar-refractivity contribution in [3.63, 3.8) is 0 Å². The van der Waals surface area contributed by atoms with Gasteiger partial charge in [0.1, 0.15) is 18.7 Å². The number of benzene rings is 1. The van der Waals surface area contributed by atoms with Gasteiger partial charge in [0.2, 0.25) is 23.5 Å². The number of primary amides is 1. The van der Waals surface area contributed by atoms with Crippen molar-refractivity contribution in [2.24, 2.45) is 40.2 Å². The number of allylic oxidation sites excluding steroid dienone is 4. The van der Waals surface area contributed by atoms with E-state index in [2.05, 4.69) is 28.2 Å². The van der Waals surface area contributed by atoms with Gasteiger partial charge in [0.25, 0.3) is 11.8 Å². The maximum atomic E-state index is 14.6. The van der Waals surface area contributed by atoms with Crippen LogP contribution in [0.15, 0.2) is 60.2 Å². The molecule has 0 bridgehead atoms. The number of nitrogens with zero attached hydrogens (tertiary/aromatic N) is 1. The summed E-state index contributed by atoms with van der Waals surface area (Å²) in [6.45, 7) is 9.09. The molecule has 0 aromatic heterocycles. The molecule has 4 aliphatic carbocycles. The fraction of sp³-hybridized carbons (Fsp3) is 0.611. The van der Waals surface area contributed by atoms with Crippen molar-refractivity contribution in [3.8, 4) is 0 Å². The number of urea groups is 1. The van der Waals surface area contributed by atoms with Gasteiger partial charge in [-0.3, -0.25) is 38.5 Å². The summed E-state index contributed by atoms with van der Waals surface area (Å²) in [4.78, 5) is 116. The number of aliphatic hydroxyl groups is 1. The Balaban J connectivity index is 0.914. The summed E-state index contributed by atoms with van der Waals surface area (Å²) >= 11 is 0. The Hall–Kier alpha value is -6.25. The summed E-state index contributed by atoms with van der Waals surface area (Å²) in [5, 5.41) is 22.8. The van der Waals surface area contributed by atoms with E-state index in [0.29, 0.717) is 49.8 Å². The summed E-state index contributed by atoms with van der Waals surface area (Å²) in [7, 11) is 0. The molecule has 11 atom stereocenters.